The van der Waals surface area contributed by atoms with Crippen LogP contribution in [-0.2, 0) is 9.53 Å². The molecule has 0 spiro atoms. The van der Waals surface area contributed by atoms with E-state index in [-0.39, 0.29) is 12.5 Å². The summed E-state index contributed by atoms with van der Waals surface area (Å²) in [4.78, 5) is 29.7. The first kappa shape index (κ1) is 22.4. The van der Waals surface area contributed by atoms with E-state index >= 15 is 0 Å². The minimum atomic E-state index is -0.458. The number of rotatable bonds is 7. The molecule has 0 saturated heterocycles. The maximum Gasteiger partial charge on any atom is 0.343 e. The first-order valence-electron chi connectivity index (χ1n) is 9.69. The number of carbonyl (C=O) groups is 2. The van der Waals surface area contributed by atoms with Crippen molar-refractivity contribution in [1.82, 2.24) is 4.98 Å². The number of amides is 1. The Hall–Kier alpha value is -3.32. The number of anilines is 1. The quantitative estimate of drug-likeness (QED) is 0.528. The van der Waals surface area contributed by atoms with Gasteiger partial charge < -0.3 is 14.8 Å². The van der Waals surface area contributed by atoms with E-state index in [1.807, 2.05) is 26.0 Å². The molecular weight excluding hydrogens is 412 g/mol. The van der Waals surface area contributed by atoms with E-state index in [0.717, 1.165) is 16.0 Å². The van der Waals surface area contributed by atoms with Crippen LogP contribution in [0.15, 0.2) is 64.6 Å². The zero-order chi connectivity index (χ0) is 22.4. The van der Waals surface area contributed by atoms with Crippen LogP contribution in [0.1, 0.15) is 27.0 Å². The highest BCUT2D eigenvalue weighted by Gasteiger charge is 2.16. The normalized spacial score (nSPS) is 10.5. The van der Waals surface area contributed by atoms with Crippen LogP contribution < -0.4 is 10.1 Å². The molecule has 0 aliphatic rings. The minimum absolute atomic E-state index is 0.170. The van der Waals surface area contributed by atoms with Gasteiger partial charge in [-0.25, -0.2) is 9.78 Å². The van der Waals surface area contributed by atoms with Crippen LogP contribution in [0.5, 0.6) is 5.75 Å². The molecule has 2 aromatic carbocycles. The van der Waals surface area contributed by atoms with Crippen molar-refractivity contribution in [3.63, 3.8) is 0 Å². The van der Waals surface area contributed by atoms with Crippen LogP contribution >= 0.6 is 11.8 Å². The molecule has 31 heavy (non-hydrogen) atoms. The van der Waals surface area contributed by atoms with E-state index in [4.69, 9.17) is 4.74 Å². The Bertz CT molecular complexity index is 1110. The number of ether oxygens (including phenoxy) is 2. The zero-order valence-electron chi connectivity index (χ0n) is 17.9. The summed E-state index contributed by atoms with van der Waals surface area (Å²) in [5.41, 5.74) is 4.29. The molecular formula is C24H24N2O4S. The lowest BCUT2D eigenvalue weighted by atomic mass is 10.1. The summed E-state index contributed by atoms with van der Waals surface area (Å²) < 4.78 is 9.95. The van der Waals surface area contributed by atoms with Gasteiger partial charge >= 0.3 is 5.97 Å². The summed E-state index contributed by atoms with van der Waals surface area (Å²) in [6, 6.07) is 14.9. The molecule has 1 heterocycles. The number of methoxy groups -OCH3 is 1. The van der Waals surface area contributed by atoms with Gasteiger partial charge in [0, 0.05) is 16.8 Å². The van der Waals surface area contributed by atoms with Gasteiger partial charge in [0.2, 0.25) is 0 Å². The molecule has 0 unspecified atom stereocenters. The first-order chi connectivity index (χ1) is 14.9. The third-order valence-electron chi connectivity index (χ3n) is 4.58. The van der Waals surface area contributed by atoms with E-state index in [9.17, 15) is 9.59 Å². The molecule has 0 atom stereocenters. The topological polar surface area (TPSA) is 77.5 Å². The van der Waals surface area contributed by atoms with Crippen LogP contribution in [0.2, 0.25) is 0 Å². The van der Waals surface area contributed by atoms with Gasteiger partial charge in [-0.05, 0) is 68.3 Å². The molecule has 0 fully saturated rings. The second-order valence-corrected chi connectivity index (χ2v) is 8.05. The maximum absolute atomic E-state index is 13.0. The van der Waals surface area contributed by atoms with E-state index in [1.165, 1.54) is 24.4 Å². The Morgan fingerprint density at radius 2 is 1.84 bits per heavy atom. The fourth-order valence-corrected chi connectivity index (χ4v) is 3.87. The van der Waals surface area contributed by atoms with Gasteiger partial charge in [-0.1, -0.05) is 29.5 Å². The third-order valence-corrected chi connectivity index (χ3v) is 5.78. The number of aryl methyl sites for hydroxylation is 3. The van der Waals surface area contributed by atoms with E-state index in [1.54, 1.807) is 36.5 Å². The van der Waals surface area contributed by atoms with Crippen molar-refractivity contribution in [2.75, 3.05) is 19.0 Å². The highest BCUT2D eigenvalue weighted by atomic mass is 32.2. The fourth-order valence-electron chi connectivity index (χ4n) is 2.92. The van der Waals surface area contributed by atoms with Crippen molar-refractivity contribution in [3.8, 4) is 5.75 Å². The molecule has 160 valence electrons. The number of hydrogen-bond acceptors (Lipinski definition) is 6. The molecule has 3 rings (SSSR count). The zero-order valence-corrected chi connectivity index (χ0v) is 18.7. The Labute approximate surface area is 186 Å². The van der Waals surface area contributed by atoms with E-state index < -0.39 is 5.97 Å². The molecule has 1 aromatic heterocycles. The lowest BCUT2D eigenvalue weighted by Crippen LogP contribution is -2.15. The second-order valence-electron chi connectivity index (χ2n) is 7.02. The van der Waals surface area contributed by atoms with Gasteiger partial charge in [0.05, 0.1) is 12.7 Å². The summed E-state index contributed by atoms with van der Waals surface area (Å²) in [6.07, 6.45) is 1.68. The van der Waals surface area contributed by atoms with Crippen molar-refractivity contribution in [3.05, 3.63) is 77.0 Å². The van der Waals surface area contributed by atoms with Gasteiger partial charge in [0.1, 0.15) is 10.8 Å². The Kier molecular flexibility index (Phi) is 7.31. The van der Waals surface area contributed by atoms with Gasteiger partial charge in [-0.3, -0.25) is 4.79 Å². The van der Waals surface area contributed by atoms with Gasteiger partial charge in [-0.15, -0.1) is 0 Å². The van der Waals surface area contributed by atoms with E-state index in [0.29, 0.717) is 22.0 Å². The average molecular weight is 437 g/mol. The Morgan fingerprint density at radius 3 is 2.55 bits per heavy atom. The standard InChI is InChI=1S/C24H24N2O4S/c1-15-7-10-21(17(3)12-15)31-24-19(6-5-11-25-24)23(28)26-20-9-8-18(13-16(20)2)30-14-22(27)29-4/h5-13H,14H2,1-4H3,(H,26,28). The number of hydrogen-bond donors (Lipinski definition) is 1. The SMILES string of the molecule is COC(=O)COc1ccc(NC(=O)c2cccnc2Sc2ccc(C)cc2C)c(C)c1. The summed E-state index contributed by atoms with van der Waals surface area (Å²) in [7, 11) is 1.31. The lowest BCUT2D eigenvalue weighted by molar-refractivity contribution is -0.142. The molecule has 7 heteroatoms. The Morgan fingerprint density at radius 1 is 1.03 bits per heavy atom. The van der Waals surface area contributed by atoms with Crippen molar-refractivity contribution < 1.29 is 19.1 Å². The maximum atomic E-state index is 13.0. The first-order valence-corrected chi connectivity index (χ1v) is 10.5. The van der Waals surface area contributed by atoms with Crippen LogP contribution in [0.4, 0.5) is 5.69 Å². The number of pyridine rings is 1. The lowest BCUT2D eigenvalue weighted by Gasteiger charge is -2.13. The van der Waals surface area contributed by atoms with Crippen molar-refractivity contribution >= 4 is 29.3 Å². The molecule has 0 aliphatic heterocycles. The van der Waals surface area contributed by atoms with Gasteiger partial charge in [0.25, 0.3) is 5.91 Å². The smallest absolute Gasteiger partial charge is 0.343 e. The monoisotopic (exact) mass is 436 g/mol. The number of aromatic nitrogens is 1. The minimum Gasteiger partial charge on any atom is -0.482 e. The number of benzene rings is 2. The number of carbonyl (C=O) groups excluding carboxylic acids is 2. The predicted molar refractivity (Wildman–Crippen MR) is 121 cm³/mol. The highest BCUT2D eigenvalue weighted by Crippen LogP contribution is 2.32. The van der Waals surface area contributed by atoms with Crippen molar-refractivity contribution in [1.29, 1.82) is 0 Å². The number of nitrogens with one attached hydrogen (secondary N) is 1. The fraction of sp³-hybridized carbons (Fsp3) is 0.208. The van der Waals surface area contributed by atoms with Crippen LogP contribution in [-0.4, -0.2) is 30.6 Å². The van der Waals surface area contributed by atoms with E-state index in [2.05, 4.69) is 28.0 Å². The molecule has 0 aliphatic carbocycles. The molecule has 0 saturated carbocycles. The van der Waals surface area contributed by atoms with Gasteiger partial charge in [0.15, 0.2) is 6.61 Å². The predicted octanol–water partition coefficient (Wildman–Crippen LogP) is 4.96. The summed E-state index contributed by atoms with van der Waals surface area (Å²) in [5, 5.41) is 3.58. The molecule has 6 nitrogen and oxygen atoms in total. The molecule has 1 amide bonds. The molecule has 3 aromatic rings. The summed E-state index contributed by atoms with van der Waals surface area (Å²) >= 11 is 1.47. The van der Waals surface area contributed by atoms with Crippen molar-refractivity contribution in [2.45, 2.75) is 30.7 Å². The van der Waals surface area contributed by atoms with Crippen molar-refractivity contribution in [2.24, 2.45) is 0 Å². The average Bonchev–Trinajstić information content (AvgIpc) is 2.76. The summed E-state index contributed by atoms with van der Waals surface area (Å²) in [5.74, 6) is -0.180. The van der Waals surface area contributed by atoms with Crippen LogP contribution in [0.25, 0.3) is 0 Å². The molecule has 0 radical (unpaired) electrons. The van der Waals surface area contributed by atoms with Gasteiger partial charge in [-0.2, -0.15) is 0 Å². The van der Waals surface area contributed by atoms with Crippen LogP contribution in [0, 0.1) is 20.8 Å². The number of esters is 1. The van der Waals surface area contributed by atoms with Crippen LogP contribution in [0.3, 0.4) is 0 Å². The summed E-state index contributed by atoms with van der Waals surface area (Å²) in [6.45, 7) is 5.78. The third kappa shape index (κ3) is 5.86. The number of nitrogens with zero attached hydrogens (tertiary/aromatic N) is 1. The second kappa shape index (κ2) is 10.1. The molecule has 0 bridgehead atoms. The largest absolute Gasteiger partial charge is 0.482 e. The Balaban J connectivity index is 1.76. The molecule has 1 N–H and O–H groups in total. The highest BCUT2D eigenvalue weighted by molar-refractivity contribution is 7.99.